The Morgan fingerprint density at radius 3 is 1.71 bits per heavy atom. The zero-order chi connectivity index (χ0) is 19.6. The van der Waals surface area contributed by atoms with Crippen LogP contribution in [0.25, 0.3) is 0 Å². The summed E-state index contributed by atoms with van der Waals surface area (Å²) < 4.78 is 97.3. The van der Waals surface area contributed by atoms with Crippen molar-refractivity contribution in [2.24, 2.45) is 5.41 Å². The summed E-state index contributed by atoms with van der Waals surface area (Å²) in [6.45, 7) is 4.61. The fraction of sp³-hybridized carbons (Fsp3) is 0.867. The number of hydrogen-bond acceptors (Lipinski definition) is 2. The van der Waals surface area contributed by atoms with Gasteiger partial charge < -0.3 is 9.64 Å². The molecule has 0 aliphatic heterocycles. The molecule has 1 atom stereocenters. The Morgan fingerprint density at radius 1 is 0.917 bits per heavy atom. The molecule has 0 spiro atoms. The monoisotopic (exact) mass is 367 g/mol. The number of halogens is 7. The van der Waals surface area contributed by atoms with Gasteiger partial charge in [0.1, 0.15) is 5.60 Å². The summed E-state index contributed by atoms with van der Waals surface area (Å²) in [4.78, 5) is 1.79. The van der Waals surface area contributed by atoms with Crippen molar-refractivity contribution in [3.8, 4) is 0 Å². The molecule has 9 heteroatoms. The van der Waals surface area contributed by atoms with Gasteiger partial charge in [-0.05, 0) is 39.3 Å². The lowest BCUT2D eigenvalue weighted by Crippen LogP contribution is -2.59. The van der Waals surface area contributed by atoms with E-state index in [-0.39, 0.29) is 6.42 Å². The molecule has 0 saturated heterocycles. The SMILES string of the molecule is COC(C)(CCC(C)(C)CN(C)C)C(F)(F)C(F)(F)C(F)=C(F)F. The normalized spacial score (nSPS) is 16.2. The summed E-state index contributed by atoms with van der Waals surface area (Å²) in [5, 5.41) is 0. The van der Waals surface area contributed by atoms with E-state index in [9.17, 15) is 30.7 Å². The van der Waals surface area contributed by atoms with E-state index in [1.165, 1.54) is 0 Å². The average Bonchev–Trinajstić information content (AvgIpc) is 2.41. The third kappa shape index (κ3) is 4.84. The van der Waals surface area contributed by atoms with Crippen molar-refractivity contribution < 1.29 is 35.5 Å². The van der Waals surface area contributed by atoms with Crippen molar-refractivity contribution >= 4 is 0 Å². The zero-order valence-corrected chi connectivity index (χ0v) is 14.6. The van der Waals surface area contributed by atoms with Gasteiger partial charge in [0.15, 0.2) is 0 Å². The maximum atomic E-state index is 14.2. The van der Waals surface area contributed by atoms with E-state index in [0.29, 0.717) is 13.5 Å². The molecule has 0 bridgehead atoms. The minimum Gasteiger partial charge on any atom is -0.372 e. The quantitative estimate of drug-likeness (QED) is 0.525. The van der Waals surface area contributed by atoms with Crippen LogP contribution in [-0.2, 0) is 4.74 Å². The van der Waals surface area contributed by atoms with Crippen molar-refractivity contribution in [1.29, 1.82) is 0 Å². The molecule has 0 N–H and O–H groups in total. The fourth-order valence-corrected chi connectivity index (χ4v) is 2.49. The second-order valence-electron chi connectivity index (χ2n) is 7.06. The second kappa shape index (κ2) is 7.59. The van der Waals surface area contributed by atoms with Crippen LogP contribution >= 0.6 is 0 Å². The highest BCUT2D eigenvalue weighted by molar-refractivity contribution is 5.16. The van der Waals surface area contributed by atoms with Crippen LogP contribution in [-0.4, -0.2) is 50.1 Å². The van der Waals surface area contributed by atoms with Gasteiger partial charge in [-0.15, -0.1) is 0 Å². The van der Waals surface area contributed by atoms with Crippen LogP contribution in [0.4, 0.5) is 30.7 Å². The first-order chi connectivity index (χ1) is 10.5. The van der Waals surface area contributed by atoms with E-state index in [1.54, 1.807) is 32.8 Å². The smallest absolute Gasteiger partial charge is 0.369 e. The molecule has 0 aromatic rings. The summed E-state index contributed by atoms with van der Waals surface area (Å²) in [5.74, 6) is -14.3. The molecule has 0 amide bonds. The molecule has 0 saturated carbocycles. The van der Waals surface area contributed by atoms with Gasteiger partial charge in [0.05, 0.1) is 0 Å². The van der Waals surface area contributed by atoms with Crippen molar-refractivity contribution in [2.75, 3.05) is 27.7 Å². The van der Waals surface area contributed by atoms with Gasteiger partial charge in [-0.3, -0.25) is 0 Å². The van der Waals surface area contributed by atoms with Gasteiger partial charge in [0.2, 0.25) is 5.83 Å². The summed E-state index contributed by atoms with van der Waals surface area (Å²) in [6.07, 6.45) is -4.02. The fourth-order valence-electron chi connectivity index (χ4n) is 2.49. The van der Waals surface area contributed by atoms with E-state index in [0.717, 1.165) is 7.11 Å². The van der Waals surface area contributed by atoms with Gasteiger partial charge in [-0.25, -0.2) is 0 Å². The zero-order valence-electron chi connectivity index (χ0n) is 14.6. The number of ether oxygens (including phenoxy) is 1. The Bertz CT molecular complexity index is 459. The van der Waals surface area contributed by atoms with Crippen molar-refractivity contribution in [1.82, 2.24) is 4.90 Å². The molecule has 2 nitrogen and oxygen atoms in total. The summed E-state index contributed by atoms with van der Waals surface area (Å²) in [6, 6.07) is 0. The van der Waals surface area contributed by atoms with Gasteiger partial charge >= 0.3 is 17.9 Å². The topological polar surface area (TPSA) is 12.5 Å². The predicted molar refractivity (Wildman–Crippen MR) is 77.2 cm³/mol. The molecule has 0 radical (unpaired) electrons. The molecular weight excluding hydrogens is 343 g/mol. The molecule has 0 fully saturated rings. The first kappa shape index (κ1) is 23.2. The number of allylic oxidation sites excluding steroid dienone is 1. The highest BCUT2D eigenvalue weighted by Crippen LogP contribution is 2.51. The lowest BCUT2D eigenvalue weighted by Gasteiger charge is -2.41. The minimum absolute atomic E-state index is 0.0324. The Labute approximate surface area is 137 Å². The van der Waals surface area contributed by atoms with E-state index in [4.69, 9.17) is 0 Å². The second-order valence-corrected chi connectivity index (χ2v) is 7.06. The van der Waals surface area contributed by atoms with Crippen LogP contribution in [0.15, 0.2) is 11.9 Å². The molecule has 0 aromatic carbocycles. The standard InChI is InChI=1S/C15H24F7NO/c1-12(2,9-23(4)5)7-8-13(3,24-6)15(21,22)14(19,20)10(16)11(17)18/h7-9H2,1-6H3. The van der Waals surface area contributed by atoms with Crippen molar-refractivity contribution in [2.45, 2.75) is 51.1 Å². The average molecular weight is 367 g/mol. The van der Waals surface area contributed by atoms with Gasteiger partial charge in [-0.1, -0.05) is 13.8 Å². The van der Waals surface area contributed by atoms with Crippen LogP contribution in [0.5, 0.6) is 0 Å². The summed E-state index contributed by atoms with van der Waals surface area (Å²) >= 11 is 0. The van der Waals surface area contributed by atoms with Crippen LogP contribution in [0.2, 0.25) is 0 Å². The Hall–Kier alpha value is -0.830. The predicted octanol–water partition coefficient (Wildman–Crippen LogP) is 5.11. The molecule has 1 unspecified atom stereocenters. The third-order valence-corrected chi connectivity index (χ3v) is 3.97. The molecule has 0 aliphatic carbocycles. The minimum atomic E-state index is -5.68. The number of rotatable bonds is 9. The van der Waals surface area contributed by atoms with E-state index < -0.39 is 41.2 Å². The van der Waals surface area contributed by atoms with Crippen LogP contribution < -0.4 is 0 Å². The largest absolute Gasteiger partial charge is 0.372 e. The Morgan fingerprint density at radius 2 is 1.38 bits per heavy atom. The molecule has 0 heterocycles. The number of nitrogens with zero attached hydrogens (tertiary/aromatic N) is 1. The molecular formula is C15H24F7NO. The third-order valence-electron chi connectivity index (χ3n) is 3.97. The lowest BCUT2D eigenvalue weighted by atomic mass is 9.79. The van der Waals surface area contributed by atoms with Crippen LogP contribution in [0.1, 0.15) is 33.6 Å². The van der Waals surface area contributed by atoms with Crippen molar-refractivity contribution in [3.63, 3.8) is 0 Å². The molecule has 144 valence electrons. The number of methoxy groups -OCH3 is 1. The van der Waals surface area contributed by atoms with E-state index in [1.807, 2.05) is 0 Å². The Balaban J connectivity index is 5.59. The van der Waals surface area contributed by atoms with Gasteiger partial charge in [-0.2, -0.15) is 30.7 Å². The van der Waals surface area contributed by atoms with Crippen LogP contribution in [0.3, 0.4) is 0 Å². The lowest BCUT2D eigenvalue weighted by molar-refractivity contribution is -0.288. The van der Waals surface area contributed by atoms with E-state index in [2.05, 4.69) is 4.74 Å². The maximum absolute atomic E-state index is 14.2. The highest BCUT2D eigenvalue weighted by Gasteiger charge is 2.70. The van der Waals surface area contributed by atoms with Gasteiger partial charge in [0.25, 0.3) is 0 Å². The Kier molecular flexibility index (Phi) is 7.33. The van der Waals surface area contributed by atoms with Crippen LogP contribution in [0, 0.1) is 5.41 Å². The summed E-state index contributed by atoms with van der Waals surface area (Å²) in [7, 11) is 4.27. The highest BCUT2D eigenvalue weighted by atomic mass is 19.3. The molecule has 0 rings (SSSR count). The van der Waals surface area contributed by atoms with Gasteiger partial charge in [0, 0.05) is 13.7 Å². The maximum Gasteiger partial charge on any atom is 0.369 e. The number of hydrogen-bond donors (Lipinski definition) is 0. The first-order valence-electron chi connectivity index (χ1n) is 7.21. The molecule has 0 aliphatic rings. The van der Waals surface area contributed by atoms with Crippen molar-refractivity contribution in [3.05, 3.63) is 11.9 Å². The molecule has 24 heavy (non-hydrogen) atoms. The summed E-state index contributed by atoms with van der Waals surface area (Å²) in [5.41, 5.74) is -3.36. The number of alkyl halides is 4. The first-order valence-corrected chi connectivity index (χ1v) is 7.21. The molecule has 0 aromatic heterocycles. The van der Waals surface area contributed by atoms with E-state index >= 15 is 0 Å².